The molecule has 1 heterocycles. The summed E-state index contributed by atoms with van der Waals surface area (Å²) in [7, 11) is 3.60. The molecule has 2 unspecified atom stereocenters. The molecule has 0 saturated heterocycles. The largest absolute Gasteiger partial charge is 0.378 e. The van der Waals surface area contributed by atoms with Crippen molar-refractivity contribution in [2.24, 2.45) is 5.41 Å². The van der Waals surface area contributed by atoms with Gasteiger partial charge in [-0.2, -0.15) is 0 Å². The van der Waals surface area contributed by atoms with Crippen molar-refractivity contribution < 1.29 is 9.53 Å². The fraction of sp³-hybridized carbons (Fsp3) is 0.733. The molecule has 118 valence electrons. The van der Waals surface area contributed by atoms with Crippen LogP contribution in [0.25, 0.3) is 0 Å². The molecule has 21 heavy (non-hydrogen) atoms. The molecule has 1 saturated carbocycles. The van der Waals surface area contributed by atoms with Gasteiger partial charge in [0.2, 0.25) is 0 Å². The van der Waals surface area contributed by atoms with Gasteiger partial charge in [0.25, 0.3) is 0 Å². The van der Waals surface area contributed by atoms with Crippen molar-refractivity contribution >= 4 is 17.4 Å². The molecular formula is C15H25N3O2S. The molecule has 1 aromatic rings. The van der Waals surface area contributed by atoms with Crippen LogP contribution < -0.4 is 5.32 Å². The predicted molar refractivity (Wildman–Crippen MR) is 84.4 cm³/mol. The van der Waals surface area contributed by atoms with Crippen LogP contribution in [0.3, 0.4) is 0 Å². The minimum Gasteiger partial charge on any atom is -0.378 e. The Labute approximate surface area is 130 Å². The minimum absolute atomic E-state index is 0.0442. The van der Waals surface area contributed by atoms with Crippen molar-refractivity contribution in [1.29, 1.82) is 0 Å². The van der Waals surface area contributed by atoms with E-state index in [2.05, 4.69) is 31.1 Å². The minimum atomic E-state index is -0.166. The number of hydrogen-bond acceptors (Lipinski definition) is 4. The van der Waals surface area contributed by atoms with E-state index in [0.717, 1.165) is 16.3 Å². The molecule has 0 aromatic carbocycles. The molecule has 2 rings (SSSR count). The smallest absolute Gasteiger partial charge is 0.317 e. The van der Waals surface area contributed by atoms with Crippen LogP contribution >= 0.6 is 11.3 Å². The first-order chi connectivity index (χ1) is 9.71. The average molecular weight is 311 g/mol. The normalized spacial score (nSPS) is 27.0. The second kappa shape index (κ2) is 5.57. The zero-order chi connectivity index (χ0) is 15.8. The Hall–Kier alpha value is -1.14. The van der Waals surface area contributed by atoms with Gasteiger partial charge in [0, 0.05) is 36.7 Å². The number of amides is 2. The molecule has 5 nitrogen and oxygen atoms in total. The van der Waals surface area contributed by atoms with Crippen LogP contribution in [0.4, 0.5) is 4.79 Å². The fourth-order valence-corrected chi connectivity index (χ4v) is 3.73. The number of thiazole rings is 1. The summed E-state index contributed by atoms with van der Waals surface area (Å²) in [4.78, 5) is 19.4. The molecule has 6 heteroatoms. The quantitative estimate of drug-likeness (QED) is 0.930. The van der Waals surface area contributed by atoms with E-state index in [-0.39, 0.29) is 23.1 Å². The van der Waals surface area contributed by atoms with Crippen LogP contribution in [0.1, 0.15) is 37.1 Å². The van der Waals surface area contributed by atoms with Crippen molar-refractivity contribution in [3.05, 3.63) is 16.1 Å². The number of rotatable bonds is 4. The molecule has 2 atom stereocenters. The Kier molecular flexibility index (Phi) is 4.31. The van der Waals surface area contributed by atoms with Crippen molar-refractivity contribution in [2.75, 3.05) is 14.2 Å². The van der Waals surface area contributed by atoms with E-state index in [1.165, 1.54) is 0 Å². The molecule has 1 fully saturated rings. The topological polar surface area (TPSA) is 54.5 Å². The Balaban J connectivity index is 1.92. The second-order valence-electron chi connectivity index (χ2n) is 6.49. The summed E-state index contributed by atoms with van der Waals surface area (Å²) >= 11 is 1.61. The maximum atomic E-state index is 12.3. The van der Waals surface area contributed by atoms with Crippen molar-refractivity contribution in [3.63, 3.8) is 0 Å². The number of aryl methyl sites for hydroxylation is 1. The van der Waals surface area contributed by atoms with Gasteiger partial charge < -0.3 is 15.0 Å². The van der Waals surface area contributed by atoms with E-state index >= 15 is 0 Å². The Bertz CT molecular complexity index is 529. The number of nitrogens with one attached hydrogen (secondary N) is 1. The number of carbonyl (C=O) groups excluding carboxylic acids is 1. The Morgan fingerprint density at radius 1 is 1.57 bits per heavy atom. The van der Waals surface area contributed by atoms with Crippen LogP contribution in [0.5, 0.6) is 0 Å². The number of ether oxygens (including phenoxy) is 1. The van der Waals surface area contributed by atoms with Gasteiger partial charge in [-0.05, 0) is 20.3 Å². The highest BCUT2D eigenvalue weighted by Gasteiger charge is 2.59. The summed E-state index contributed by atoms with van der Waals surface area (Å²) in [6.07, 6.45) is 2.68. The third kappa shape index (κ3) is 2.79. The molecule has 1 aromatic heterocycles. The van der Waals surface area contributed by atoms with Crippen LogP contribution in [-0.4, -0.2) is 41.7 Å². The van der Waals surface area contributed by atoms with Crippen molar-refractivity contribution in [3.8, 4) is 0 Å². The predicted octanol–water partition coefficient (Wildman–Crippen LogP) is 2.80. The molecule has 1 N–H and O–H groups in total. The van der Waals surface area contributed by atoms with Crippen LogP contribution in [0, 0.1) is 12.3 Å². The summed E-state index contributed by atoms with van der Waals surface area (Å²) in [5.74, 6) is 0. The maximum absolute atomic E-state index is 12.3. The van der Waals surface area contributed by atoms with E-state index in [9.17, 15) is 4.79 Å². The fourth-order valence-electron chi connectivity index (χ4n) is 2.99. The van der Waals surface area contributed by atoms with Gasteiger partial charge >= 0.3 is 6.03 Å². The Morgan fingerprint density at radius 3 is 2.71 bits per heavy atom. The van der Waals surface area contributed by atoms with E-state index in [1.54, 1.807) is 23.3 Å². The van der Waals surface area contributed by atoms with Gasteiger partial charge in [0.05, 0.1) is 17.2 Å². The third-order valence-corrected chi connectivity index (χ3v) is 6.01. The van der Waals surface area contributed by atoms with Gasteiger partial charge in [0.1, 0.15) is 0 Å². The number of urea groups is 1. The summed E-state index contributed by atoms with van der Waals surface area (Å²) in [5, 5.41) is 3.98. The molecule has 0 bridgehead atoms. The summed E-state index contributed by atoms with van der Waals surface area (Å²) in [6, 6.07) is 0.142. The first kappa shape index (κ1) is 16.2. The number of carbonyl (C=O) groups is 1. The number of nitrogens with zero attached hydrogens (tertiary/aromatic N) is 2. The van der Waals surface area contributed by atoms with Gasteiger partial charge in [0.15, 0.2) is 0 Å². The summed E-state index contributed by atoms with van der Waals surface area (Å²) in [5.41, 5.74) is -0.226. The molecule has 2 amide bonds. The highest BCUT2D eigenvalue weighted by Crippen LogP contribution is 2.53. The lowest BCUT2D eigenvalue weighted by molar-refractivity contribution is -0.198. The van der Waals surface area contributed by atoms with Gasteiger partial charge in [-0.15, -0.1) is 11.3 Å². The SMILES string of the molecule is COC1(C)CC(N(C)C(=O)NCc2cnc(C)s2)C1(C)C. The molecule has 0 spiro atoms. The van der Waals surface area contributed by atoms with Crippen molar-refractivity contribution in [2.45, 2.75) is 52.3 Å². The van der Waals surface area contributed by atoms with Gasteiger partial charge in [-0.25, -0.2) is 9.78 Å². The van der Waals surface area contributed by atoms with Crippen molar-refractivity contribution in [1.82, 2.24) is 15.2 Å². The van der Waals surface area contributed by atoms with Gasteiger partial charge in [-0.3, -0.25) is 0 Å². The molecule has 0 aliphatic heterocycles. The first-order valence-electron chi connectivity index (χ1n) is 7.18. The molecule has 1 aliphatic carbocycles. The van der Waals surface area contributed by atoms with E-state index in [0.29, 0.717) is 6.54 Å². The lowest BCUT2D eigenvalue weighted by atomic mass is 9.55. The first-order valence-corrected chi connectivity index (χ1v) is 8.00. The standard InChI is InChI=1S/C15H25N3O2S/c1-10-16-8-11(21-10)9-17-13(19)18(5)12-7-15(4,20-6)14(12,2)3/h8,12H,7,9H2,1-6H3,(H,17,19). The average Bonchev–Trinajstić information content (AvgIpc) is 2.86. The summed E-state index contributed by atoms with van der Waals surface area (Å²) in [6.45, 7) is 8.91. The lowest BCUT2D eigenvalue weighted by Gasteiger charge is -2.61. The molecule has 0 radical (unpaired) electrons. The highest BCUT2D eigenvalue weighted by atomic mass is 32.1. The monoisotopic (exact) mass is 311 g/mol. The van der Waals surface area contributed by atoms with Gasteiger partial charge in [-0.1, -0.05) is 13.8 Å². The zero-order valence-electron chi connectivity index (χ0n) is 13.7. The molecular weight excluding hydrogens is 286 g/mol. The zero-order valence-corrected chi connectivity index (χ0v) is 14.5. The molecule has 1 aliphatic rings. The number of aromatic nitrogens is 1. The van der Waals surface area contributed by atoms with E-state index in [4.69, 9.17) is 4.74 Å². The lowest BCUT2D eigenvalue weighted by Crippen LogP contribution is -2.69. The number of methoxy groups -OCH3 is 1. The van der Waals surface area contributed by atoms with Crippen LogP contribution in [0.15, 0.2) is 6.20 Å². The third-order valence-electron chi connectivity index (χ3n) is 5.10. The Morgan fingerprint density at radius 2 is 2.24 bits per heavy atom. The van der Waals surface area contributed by atoms with E-state index < -0.39 is 0 Å². The summed E-state index contributed by atoms with van der Waals surface area (Å²) < 4.78 is 5.62. The highest BCUT2D eigenvalue weighted by molar-refractivity contribution is 7.11. The van der Waals surface area contributed by atoms with Crippen LogP contribution in [-0.2, 0) is 11.3 Å². The number of hydrogen-bond donors (Lipinski definition) is 1. The second-order valence-corrected chi connectivity index (χ2v) is 7.81. The van der Waals surface area contributed by atoms with E-state index in [1.807, 2.05) is 20.2 Å². The van der Waals surface area contributed by atoms with Crippen LogP contribution in [0.2, 0.25) is 0 Å². The maximum Gasteiger partial charge on any atom is 0.317 e.